The first-order valence-corrected chi connectivity index (χ1v) is 7.11. The quantitative estimate of drug-likeness (QED) is 0.209. The highest BCUT2D eigenvalue weighted by Crippen LogP contribution is 1.78. The largest absolute Gasteiger partial charge is 0.395 e. The highest BCUT2D eigenvalue weighted by atomic mass is 16.5. The van der Waals surface area contributed by atoms with Crippen molar-refractivity contribution in [2.75, 3.05) is 65.8 Å². The van der Waals surface area contributed by atoms with Crippen LogP contribution < -0.4 is 21.3 Å². The zero-order chi connectivity index (χ0) is 16.5. The number of rotatable bonds is 13. The summed E-state index contributed by atoms with van der Waals surface area (Å²) < 4.78 is 10.4. The molecule has 130 valence electrons. The van der Waals surface area contributed by atoms with Crippen LogP contribution in [0.2, 0.25) is 0 Å². The van der Waals surface area contributed by atoms with Gasteiger partial charge in [0.15, 0.2) is 0 Å². The second-order valence-electron chi connectivity index (χ2n) is 4.04. The van der Waals surface area contributed by atoms with Crippen LogP contribution >= 0.6 is 0 Å². The first-order chi connectivity index (χ1) is 10.7. The Labute approximate surface area is 129 Å². The second kappa shape index (κ2) is 15.8. The lowest BCUT2D eigenvalue weighted by Gasteiger charge is -2.08. The number of ether oxygens (including phenoxy) is 2. The average molecular weight is 322 g/mol. The van der Waals surface area contributed by atoms with Gasteiger partial charge in [-0.25, -0.2) is 9.59 Å². The molecule has 0 aliphatic heterocycles. The molecule has 6 N–H and O–H groups in total. The van der Waals surface area contributed by atoms with Crippen LogP contribution in [0.4, 0.5) is 9.59 Å². The topological polar surface area (TPSA) is 141 Å². The van der Waals surface area contributed by atoms with Crippen molar-refractivity contribution in [1.82, 2.24) is 21.3 Å². The fourth-order valence-corrected chi connectivity index (χ4v) is 1.26. The van der Waals surface area contributed by atoms with Crippen LogP contribution in [-0.2, 0) is 9.47 Å². The highest BCUT2D eigenvalue weighted by Gasteiger charge is 1.98. The van der Waals surface area contributed by atoms with Gasteiger partial charge in [-0.3, -0.25) is 0 Å². The number of carbonyl (C=O) groups is 2. The number of hydrogen-bond acceptors (Lipinski definition) is 6. The van der Waals surface area contributed by atoms with Crippen molar-refractivity contribution in [3.8, 4) is 0 Å². The summed E-state index contributed by atoms with van der Waals surface area (Å²) in [5, 5.41) is 27.0. The average Bonchev–Trinajstić information content (AvgIpc) is 2.52. The van der Waals surface area contributed by atoms with Crippen molar-refractivity contribution < 1.29 is 29.3 Å². The van der Waals surface area contributed by atoms with E-state index in [0.29, 0.717) is 39.5 Å². The van der Waals surface area contributed by atoms with Crippen molar-refractivity contribution >= 4 is 12.1 Å². The number of aliphatic hydroxyl groups excluding tert-OH is 2. The molecule has 22 heavy (non-hydrogen) atoms. The maximum atomic E-state index is 11.1. The Morgan fingerprint density at radius 3 is 1.36 bits per heavy atom. The van der Waals surface area contributed by atoms with E-state index in [4.69, 9.17) is 19.7 Å². The minimum atomic E-state index is -0.348. The summed E-state index contributed by atoms with van der Waals surface area (Å²) in [5.41, 5.74) is 0. The molecule has 0 aliphatic carbocycles. The number of carbonyl (C=O) groups excluding carboxylic acids is 2. The standard InChI is InChI=1S/C12H26N4O6/c17-5-1-13-11(19)15-3-7-21-9-10-22-8-4-16-12(20)14-2-6-18/h17-18H,1-10H2,(H2,13,15,19)(H2,14,16,20). The first-order valence-electron chi connectivity index (χ1n) is 7.11. The zero-order valence-electron chi connectivity index (χ0n) is 12.6. The molecule has 4 amide bonds. The molecule has 0 saturated carbocycles. The maximum absolute atomic E-state index is 11.1. The summed E-state index contributed by atoms with van der Waals surface area (Å²) in [7, 11) is 0. The Balaban J connectivity index is 3.17. The van der Waals surface area contributed by atoms with Crippen molar-refractivity contribution in [2.24, 2.45) is 0 Å². The Hall–Kier alpha value is -1.62. The zero-order valence-corrected chi connectivity index (χ0v) is 12.6. The third-order valence-electron chi connectivity index (χ3n) is 2.23. The van der Waals surface area contributed by atoms with Gasteiger partial charge in [0, 0.05) is 26.2 Å². The first kappa shape index (κ1) is 20.4. The Morgan fingerprint density at radius 2 is 1.00 bits per heavy atom. The number of hydrogen-bond donors (Lipinski definition) is 6. The van der Waals surface area contributed by atoms with Gasteiger partial charge in [-0.2, -0.15) is 0 Å². The molecule has 0 aliphatic rings. The van der Waals surface area contributed by atoms with Crippen molar-refractivity contribution in [2.45, 2.75) is 0 Å². The van der Waals surface area contributed by atoms with Gasteiger partial charge in [0.25, 0.3) is 0 Å². The van der Waals surface area contributed by atoms with Gasteiger partial charge < -0.3 is 41.0 Å². The molecule has 0 radical (unpaired) electrons. The third-order valence-corrected chi connectivity index (χ3v) is 2.23. The Morgan fingerprint density at radius 1 is 0.636 bits per heavy atom. The minimum Gasteiger partial charge on any atom is -0.395 e. The molecule has 0 rings (SSSR count). The maximum Gasteiger partial charge on any atom is 0.314 e. The number of nitrogens with one attached hydrogen (secondary N) is 4. The molecule has 0 spiro atoms. The van der Waals surface area contributed by atoms with E-state index >= 15 is 0 Å². The van der Waals surface area contributed by atoms with Crippen molar-refractivity contribution in [3.63, 3.8) is 0 Å². The molecule has 0 bridgehead atoms. The third kappa shape index (κ3) is 14.8. The lowest BCUT2D eigenvalue weighted by molar-refractivity contribution is 0.0510. The number of amides is 4. The minimum absolute atomic E-state index is 0.0980. The predicted molar refractivity (Wildman–Crippen MR) is 78.6 cm³/mol. The van der Waals surface area contributed by atoms with E-state index in [2.05, 4.69) is 21.3 Å². The summed E-state index contributed by atoms with van der Waals surface area (Å²) in [6.45, 7) is 2.45. The number of urea groups is 2. The van der Waals surface area contributed by atoms with Gasteiger partial charge in [0.05, 0.1) is 39.6 Å². The fraction of sp³-hybridized carbons (Fsp3) is 0.833. The Kier molecular flexibility index (Phi) is 14.6. The SMILES string of the molecule is O=C(NCCO)NCCOCCOCCNC(=O)NCCO. The van der Waals surface area contributed by atoms with Crippen LogP contribution in [0.1, 0.15) is 0 Å². The van der Waals surface area contributed by atoms with E-state index in [0.717, 1.165) is 0 Å². The van der Waals surface area contributed by atoms with Crippen LogP contribution in [0.25, 0.3) is 0 Å². The molecule has 0 saturated heterocycles. The monoisotopic (exact) mass is 322 g/mol. The Bertz CT molecular complexity index is 265. The van der Waals surface area contributed by atoms with Gasteiger partial charge in [-0.1, -0.05) is 0 Å². The van der Waals surface area contributed by atoms with Gasteiger partial charge >= 0.3 is 12.1 Å². The van der Waals surface area contributed by atoms with Gasteiger partial charge in [0.1, 0.15) is 0 Å². The smallest absolute Gasteiger partial charge is 0.314 e. The van der Waals surface area contributed by atoms with Crippen LogP contribution in [0.3, 0.4) is 0 Å². The van der Waals surface area contributed by atoms with E-state index < -0.39 is 0 Å². The molecule has 0 fully saturated rings. The normalized spacial score (nSPS) is 10.1. The lowest BCUT2D eigenvalue weighted by Crippen LogP contribution is -2.39. The summed E-state index contributed by atoms with van der Waals surface area (Å²) in [6.07, 6.45) is 0. The van der Waals surface area contributed by atoms with E-state index in [9.17, 15) is 9.59 Å². The molecule has 10 heteroatoms. The van der Waals surface area contributed by atoms with E-state index in [1.165, 1.54) is 0 Å². The molecule has 0 atom stereocenters. The highest BCUT2D eigenvalue weighted by molar-refractivity contribution is 5.74. The molecule has 0 unspecified atom stereocenters. The summed E-state index contributed by atoms with van der Waals surface area (Å²) >= 11 is 0. The number of aliphatic hydroxyl groups is 2. The molecule has 0 aromatic heterocycles. The summed E-state index contributed by atoms with van der Waals surface area (Å²) in [6, 6.07) is -0.695. The van der Waals surface area contributed by atoms with Crippen LogP contribution in [0.5, 0.6) is 0 Å². The van der Waals surface area contributed by atoms with Crippen molar-refractivity contribution in [1.29, 1.82) is 0 Å². The second-order valence-corrected chi connectivity index (χ2v) is 4.04. The molecule has 10 nitrogen and oxygen atoms in total. The van der Waals surface area contributed by atoms with E-state index in [1.807, 2.05) is 0 Å². The molecule has 0 aromatic rings. The van der Waals surface area contributed by atoms with Crippen molar-refractivity contribution in [3.05, 3.63) is 0 Å². The fourth-order valence-electron chi connectivity index (χ4n) is 1.26. The lowest BCUT2D eigenvalue weighted by atomic mass is 10.6. The van der Waals surface area contributed by atoms with Crippen LogP contribution in [-0.4, -0.2) is 88.1 Å². The summed E-state index contributed by atoms with van der Waals surface area (Å²) in [4.78, 5) is 22.1. The van der Waals surface area contributed by atoms with E-state index in [1.54, 1.807) is 0 Å². The van der Waals surface area contributed by atoms with Crippen LogP contribution in [0, 0.1) is 0 Å². The summed E-state index contributed by atoms with van der Waals surface area (Å²) in [5.74, 6) is 0. The molecular weight excluding hydrogens is 296 g/mol. The van der Waals surface area contributed by atoms with Gasteiger partial charge in [0.2, 0.25) is 0 Å². The molecule has 0 heterocycles. The van der Waals surface area contributed by atoms with Crippen LogP contribution in [0.15, 0.2) is 0 Å². The van der Waals surface area contributed by atoms with Gasteiger partial charge in [-0.15, -0.1) is 0 Å². The molecular formula is C12H26N4O6. The van der Waals surface area contributed by atoms with E-state index in [-0.39, 0.29) is 38.4 Å². The molecule has 0 aromatic carbocycles. The predicted octanol–water partition coefficient (Wildman–Crippen LogP) is -2.40. The van der Waals surface area contributed by atoms with Gasteiger partial charge in [-0.05, 0) is 0 Å².